The summed E-state index contributed by atoms with van der Waals surface area (Å²) in [7, 11) is -4.19. The monoisotopic (exact) mass is 528 g/mol. The van der Waals surface area contributed by atoms with E-state index in [1.54, 1.807) is 30.5 Å². The number of para-hydroxylation sites is 2. The van der Waals surface area contributed by atoms with Gasteiger partial charge in [-0.3, -0.25) is 9.38 Å². The third-order valence-corrected chi connectivity index (χ3v) is 7.43. The van der Waals surface area contributed by atoms with Crippen molar-refractivity contribution in [2.75, 3.05) is 5.32 Å². The number of pyridine rings is 2. The molecule has 0 aliphatic rings. The number of fused-ring (bicyclic) bond motifs is 2. The number of nitrogens with zero attached hydrogens (tertiary/aromatic N) is 3. The maximum absolute atomic E-state index is 13.5. The molecule has 0 radical (unpaired) electrons. The summed E-state index contributed by atoms with van der Waals surface area (Å²) in [4.78, 5) is 9.21. The number of anilines is 1. The topological polar surface area (TPSA) is 85.6 Å². The van der Waals surface area contributed by atoms with Crippen molar-refractivity contribution in [2.24, 2.45) is 5.41 Å². The maximum atomic E-state index is 13.5. The number of rotatable bonds is 7. The largest absolute Gasteiger partial charge is 0.378 e. The molecule has 196 valence electrons. The van der Waals surface area contributed by atoms with E-state index in [4.69, 9.17) is 9.17 Å². The van der Waals surface area contributed by atoms with Gasteiger partial charge in [-0.15, -0.1) is 0 Å². The molecule has 0 saturated heterocycles. The standard InChI is InChI=1S/C30H32N4O3S/c1-29(2,3)20-30(4,5)33-28-27(32-25-17-8-9-19-34(25)28)22-14-6-7-15-23(22)37-38(35,36)24-16-10-12-21-13-11-18-31-26(21)24/h6-19,33H,20H2,1-5H3. The molecule has 5 aromatic rings. The van der Waals surface area contributed by atoms with Gasteiger partial charge in [0.2, 0.25) is 0 Å². The zero-order valence-corrected chi connectivity index (χ0v) is 23.1. The molecule has 0 aliphatic carbocycles. The quantitative estimate of drug-likeness (QED) is 0.230. The summed E-state index contributed by atoms with van der Waals surface area (Å²) in [5, 5.41) is 4.42. The van der Waals surface area contributed by atoms with Crippen LogP contribution in [0.3, 0.4) is 0 Å². The summed E-state index contributed by atoms with van der Waals surface area (Å²) in [6, 6.07) is 21.5. The Morgan fingerprint density at radius 3 is 2.42 bits per heavy atom. The summed E-state index contributed by atoms with van der Waals surface area (Å²) in [5.74, 6) is 0.968. The van der Waals surface area contributed by atoms with Crippen molar-refractivity contribution in [3.8, 4) is 17.0 Å². The first-order valence-corrected chi connectivity index (χ1v) is 14.0. The van der Waals surface area contributed by atoms with Crippen molar-refractivity contribution in [1.82, 2.24) is 14.4 Å². The van der Waals surface area contributed by atoms with Crippen LogP contribution in [0.4, 0.5) is 5.82 Å². The van der Waals surface area contributed by atoms with Crippen LogP contribution in [0.15, 0.2) is 90.1 Å². The van der Waals surface area contributed by atoms with E-state index in [-0.39, 0.29) is 21.6 Å². The van der Waals surface area contributed by atoms with Gasteiger partial charge in [0.1, 0.15) is 22.1 Å². The fraction of sp³-hybridized carbons (Fsp3) is 0.267. The van der Waals surface area contributed by atoms with Crippen LogP contribution < -0.4 is 9.50 Å². The fourth-order valence-electron chi connectivity index (χ4n) is 5.17. The average molecular weight is 529 g/mol. The number of imidazole rings is 1. The molecule has 2 aromatic carbocycles. The third kappa shape index (κ3) is 5.22. The van der Waals surface area contributed by atoms with Gasteiger partial charge in [0.05, 0.1) is 5.52 Å². The number of hydrogen-bond acceptors (Lipinski definition) is 6. The van der Waals surface area contributed by atoms with E-state index in [9.17, 15) is 8.42 Å². The zero-order chi connectivity index (χ0) is 27.1. The second-order valence-corrected chi connectivity index (χ2v) is 12.9. The van der Waals surface area contributed by atoms with Crippen LogP contribution in [0.25, 0.3) is 27.8 Å². The van der Waals surface area contributed by atoms with E-state index in [2.05, 4.69) is 44.9 Å². The van der Waals surface area contributed by atoms with Crippen LogP contribution in [0, 0.1) is 5.41 Å². The first-order chi connectivity index (χ1) is 17.9. The van der Waals surface area contributed by atoms with Crippen molar-refractivity contribution in [3.05, 3.63) is 85.2 Å². The Labute approximate surface area is 223 Å². The van der Waals surface area contributed by atoms with Gasteiger partial charge in [-0.2, -0.15) is 8.42 Å². The molecule has 3 aromatic heterocycles. The van der Waals surface area contributed by atoms with E-state index < -0.39 is 10.1 Å². The van der Waals surface area contributed by atoms with Crippen LogP contribution in [0.2, 0.25) is 0 Å². The number of nitrogens with one attached hydrogen (secondary N) is 1. The van der Waals surface area contributed by atoms with E-state index in [0.29, 0.717) is 16.8 Å². The van der Waals surface area contributed by atoms with Crippen LogP contribution in [-0.2, 0) is 10.1 Å². The van der Waals surface area contributed by atoms with Crippen LogP contribution >= 0.6 is 0 Å². The predicted molar refractivity (Wildman–Crippen MR) is 152 cm³/mol. The van der Waals surface area contributed by atoms with E-state index in [0.717, 1.165) is 23.3 Å². The molecule has 0 spiro atoms. The summed E-state index contributed by atoms with van der Waals surface area (Å²) < 4.78 is 34.9. The van der Waals surface area contributed by atoms with Crippen molar-refractivity contribution < 1.29 is 12.6 Å². The van der Waals surface area contributed by atoms with Crippen LogP contribution in [-0.4, -0.2) is 28.3 Å². The molecule has 0 saturated carbocycles. The first kappa shape index (κ1) is 25.7. The Bertz CT molecular complexity index is 1730. The lowest BCUT2D eigenvalue weighted by Gasteiger charge is -2.34. The van der Waals surface area contributed by atoms with Gasteiger partial charge in [-0.05, 0) is 62.1 Å². The molecule has 0 atom stereocenters. The molecule has 0 amide bonds. The number of benzene rings is 2. The lowest BCUT2D eigenvalue weighted by atomic mass is 9.82. The summed E-state index contributed by atoms with van der Waals surface area (Å²) in [6.07, 6.45) is 4.42. The summed E-state index contributed by atoms with van der Waals surface area (Å²) in [6.45, 7) is 10.9. The highest BCUT2D eigenvalue weighted by molar-refractivity contribution is 7.87. The van der Waals surface area contributed by atoms with Crippen LogP contribution in [0.5, 0.6) is 5.75 Å². The molecular formula is C30H32N4O3S. The van der Waals surface area contributed by atoms with Gasteiger partial charge in [0.25, 0.3) is 0 Å². The Balaban J connectivity index is 1.61. The molecule has 0 bridgehead atoms. The Hall–Kier alpha value is -3.91. The Morgan fingerprint density at radius 2 is 1.63 bits per heavy atom. The molecule has 38 heavy (non-hydrogen) atoms. The minimum absolute atomic E-state index is 0.0186. The normalized spacial score (nSPS) is 12.7. The minimum Gasteiger partial charge on any atom is -0.378 e. The Morgan fingerprint density at radius 1 is 0.895 bits per heavy atom. The second kappa shape index (κ2) is 9.44. The Kier molecular flexibility index (Phi) is 6.39. The average Bonchev–Trinajstić information content (AvgIpc) is 3.19. The molecule has 0 aliphatic heterocycles. The van der Waals surface area contributed by atoms with Crippen molar-refractivity contribution in [1.29, 1.82) is 0 Å². The van der Waals surface area contributed by atoms with Gasteiger partial charge in [0.15, 0.2) is 5.75 Å². The maximum Gasteiger partial charge on any atom is 0.341 e. The molecule has 5 rings (SSSR count). The van der Waals surface area contributed by atoms with Gasteiger partial charge in [0, 0.05) is 28.9 Å². The summed E-state index contributed by atoms with van der Waals surface area (Å²) in [5.41, 5.74) is 2.12. The highest BCUT2D eigenvalue weighted by atomic mass is 32.2. The zero-order valence-electron chi connectivity index (χ0n) is 22.3. The number of hydrogen-bond donors (Lipinski definition) is 1. The molecule has 8 heteroatoms. The fourth-order valence-corrected chi connectivity index (χ4v) is 6.29. The lowest BCUT2D eigenvalue weighted by molar-refractivity contribution is 0.302. The lowest BCUT2D eigenvalue weighted by Crippen LogP contribution is -2.36. The van der Waals surface area contributed by atoms with Gasteiger partial charge in [-0.1, -0.05) is 57.2 Å². The van der Waals surface area contributed by atoms with Gasteiger partial charge in [-0.25, -0.2) is 4.98 Å². The highest BCUT2D eigenvalue weighted by Gasteiger charge is 2.29. The molecular weight excluding hydrogens is 496 g/mol. The van der Waals surface area contributed by atoms with E-state index in [1.807, 2.05) is 53.1 Å². The molecule has 1 N–H and O–H groups in total. The predicted octanol–water partition coefficient (Wildman–Crippen LogP) is 6.94. The highest BCUT2D eigenvalue weighted by Crippen LogP contribution is 2.39. The minimum atomic E-state index is -4.19. The van der Waals surface area contributed by atoms with Gasteiger partial charge < -0.3 is 9.50 Å². The van der Waals surface area contributed by atoms with Crippen molar-refractivity contribution in [2.45, 2.75) is 51.5 Å². The van der Waals surface area contributed by atoms with E-state index >= 15 is 0 Å². The van der Waals surface area contributed by atoms with Crippen LogP contribution in [0.1, 0.15) is 41.0 Å². The smallest absolute Gasteiger partial charge is 0.341 e. The molecule has 0 unspecified atom stereocenters. The molecule has 0 fully saturated rings. The number of aromatic nitrogens is 3. The van der Waals surface area contributed by atoms with E-state index in [1.165, 1.54) is 6.07 Å². The van der Waals surface area contributed by atoms with Crippen molar-refractivity contribution in [3.63, 3.8) is 0 Å². The molecule has 7 nitrogen and oxygen atoms in total. The van der Waals surface area contributed by atoms with Crippen molar-refractivity contribution >= 4 is 32.5 Å². The third-order valence-electron chi connectivity index (χ3n) is 6.17. The molecule has 3 heterocycles. The second-order valence-electron chi connectivity index (χ2n) is 11.3. The summed E-state index contributed by atoms with van der Waals surface area (Å²) >= 11 is 0. The first-order valence-electron chi connectivity index (χ1n) is 12.6. The SMILES string of the molecule is CC(C)(C)CC(C)(C)Nc1c(-c2ccccc2OS(=O)(=O)c2cccc3cccnc23)nc2ccccn12. The van der Waals surface area contributed by atoms with Gasteiger partial charge >= 0.3 is 10.1 Å².